The number of carbonyl (C=O) groups is 2. The Kier molecular flexibility index (Phi) is 7.17. The van der Waals surface area contributed by atoms with Crippen LogP contribution in [0.2, 0.25) is 0 Å². The summed E-state index contributed by atoms with van der Waals surface area (Å²) in [4.78, 5) is 24.4. The van der Waals surface area contributed by atoms with Crippen molar-refractivity contribution in [1.82, 2.24) is 5.32 Å². The highest BCUT2D eigenvalue weighted by Gasteiger charge is 2.31. The van der Waals surface area contributed by atoms with Gasteiger partial charge < -0.3 is 19.9 Å². The van der Waals surface area contributed by atoms with Gasteiger partial charge in [0.2, 0.25) is 0 Å². The second-order valence-corrected chi connectivity index (χ2v) is 5.75. The molecule has 6 nitrogen and oxygen atoms in total. The first-order chi connectivity index (χ1) is 12.5. The van der Waals surface area contributed by atoms with Gasteiger partial charge in [-0.25, -0.2) is 4.79 Å². The lowest BCUT2D eigenvalue weighted by molar-refractivity contribution is -0.151. The summed E-state index contributed by atoms with van der Waals surface area (Å²) in [6.45, 7) is 3.48. The largest absolute Gasteiger partial charge is 0.484 e. The lowest BCUT2D eigenvalue weighted by Gasteiger charge is -2.22. The maximum Gasteiger partial charge on any atom is 0.331 e. The molecule has 0 heterocycles. The minimum absolute atomic E-state index is 0.145. The molecule has 0 radical (unpaired) electrons. The van der Waals surface area contributed by atoms with Gasteiger partial charge in [0.15, 0.2) is 12.6 Å². The number of nitrogens with one attached hydrogen (secondary N) is 1. The maximum atomic E-state index is 12.2. The van der Waals surface area contributed by atoms with Gasteiger partial charge in [-0.15, -0.1) is 0 Å². The topological polar surface area (TPSA) is 84.9 Å². The Morgan fingerprint density at radius 3 is 2.35 bits per heavy atom. The van der Waals surface area contributed by atoms with Crippen LogP contribution in [0, 0.1) is 6.92 Å². The summed E-state index contributed by atoms with van der Waals surface area (Å²) in [7, 11) is 0. The lowest BCUT2D eigenvalue weighted by atomic mass is 10.0. The molecular formula is C20H23NO5. The number of esters is 1. The SMILES string of the molecule is CCOC(=O)C(NC(=O)COc1ccc(C)cc1)C(O)c1ccccc1. The van der Waals surface area contributed by atoms with Gasteiger partial charge in [0.25, 0.3) is 5.91 Å². The molecule has 2 atom stereocenters. The molecule has 2 rings (SSSR count). The average molecular weight is 357 g/mol. The van der Waals surface area contributed by atoms with Crippen LogP contribution >= 0.6 is 0 Å². The van der Waals surface area contributed by atoms with Crippen molar-refractivity contribution in [2.45, 2.75) is 26.0 Å². The van der Waals surface area contributed by atoms with E-state index in [1.807, 2.05) is 19.1 Å². The first-order valence-corrected chi connectivity index (χ1v) is 8.39. The lowest BCUT2D eigenvalue weighted by Crippen LogP contribution is -2.47. The van der Waals surface area contributed by atoms with Crippen molar-refractivity contribution in [3.63, 3.8) is 0 Å². The molecule has 2 N–H and O–H groups in total. The molecule has 2 unspecified atom stereocenters. The van der Waals surface area contributed by atoms with Gasteiger partial charge in [-0.3, -0.25) is 4.79 Å². The van der Waals surface area contributed by atoms with E-state index in [2.05, 4.69) is 5.32 Å². The number of rotatable bonds is 8. The highest BCUT2D eigenvalue weighted by Crippen LogP contribution is 2.18. The third-order valence-electron chi connectivity index (χ3n) is 3.70. The van der Waals surface area contributed by atoms with E-state index in [-0.39, 0.29) is 13.2 Å². The summed E-state index contributed by atoms with van der Waals surface area (Å²) in [5.74, 6) is -0.687. The van der Waals surface area contributed by atoms with Crippen molar-refractivity contribution >= 4 is 11.9 Å². The second kappa shape index (κ2) is 9.58. The van der Waals surface area contributed by atoms with Gasteiger partial charge in [0.05, 0.1) is 6.61 Å². The van der Waals surface area contributed by atoms with Gasteiger partial charge in [-0.2, -0.15) is 0 Å². The molecule has 0 aliphatic carbocycles. The Hall–Kier alpha value is -2.86. The quantitative estimate of drug-likeness (QED) is 0.707. The summed E-state index contributed by atoms with van der Waals surface area (Å²) >= 11 is 0. The average Bonchev–Trinajstić information content (AvgIpc) is 2.66. The number of hydrogen-bond acceptors (Lipinski definition) is 5. The molecule has 0 bridgehead atoms. The van der Waals surface area contributed by atoms with Crippen LogP contribution in [0.5, 0.6) is 5.75 Å². The van der Waals surface area contributed by atoms with E-state index in [0.29, 0.717) is 11.3 Å². The number of aliphatic hydroxyl groups excluding tert-OH is 1. The minimum Gasteiger partial charge on any atom is -0.484 e. The summed E-state index contributed by atoms with van der Waals surface area (Å²) in [6.07, 6.45) is -1.22. The fourth-order valence-corrected chi connectivity index (χ4v) is 2.34. The molecule has 0 fully saturated rings. The summed E-state index contributed by atoms with van der Waals surface area (Å²) in [5, 5.41) is 13.0. The zero-order chi connectivity index (χ0) is 18.9. The Labute approximate surface area is 152 Å². The van der Waals surface area contributed by atoms with E-state index in [4.69, 9.17) is 9.47 Å². The fraction of sp³-hybridized carbons (Fsp3) is 0.300. The molecule has 0 aliphatic heterocycles. The van der Waals surface area contributed by atoms with Crippen LogP contribution in [-0.2, 0) is 14.3 Å². The van der Waals surface area contributed by atoms with E-state index < -0.39 is 24.0 Å². The molecule has 2 aromatic carbocycles. The van der Waals surface area contributed by atoms with Crippen molar-refractivity contribution in [3.8, 4) is 5.75 Å². The number of carbonyl (C=O) groups excluding carboxylic acids is 2. The van der Waals surface area contributed by atoms with Gasteiger partial charge in [0.1, 0.15) is 11.9 Å². The molecule has 0 saturated heterocycles. The highest BCUT2D eigenvalue weighted by atomic mass is 16.5. The van der Waals surface area contributed by atoms with Crippen LogP contribution in [0.15, 0.2) is 54.6 Å². The van der Waals surface area contributed by atoms with Crippen molar-refractivity contribution in [1.29, 1.82) is 0 Å². The summed E-state index contributed by atoms with van der Waals surface area (Å²) in [6, 6.07) is 14.6. The second-order valence-electron chi connectivity index (χ2n) is 5.75. The molecule has 26 heavy (non-hydrogen) atoms. The van der Waals surface area contributed by atoms with Crippen molar-refractivity contribution in [3.05, 3.63) is 65.7 Å². The van der Waals surface area contributed by atoms with E-state index in [1.54, 1.807) is 49.4 Å². The van der Waals surface area contributed by atoms with Crippen LogP contribution in [-0.4, -0.2) is 36.2 Å². The third-order valence-corrected chi connectivity index (χ3v) is 3.70. The predicted molar refractivity (Wildman–Crippen MR) is 96.6 cm³/mol. The Bertz CT molecular complexity index is 715. The normalized spacial score (nSPS) is 12.7. The number of hydrogen-bond donors (Lipinski definition) is 2. The Balaban J connectivity index is 2.02. The fourth-order valence-electron chi connectivity index (χ4n) is 2.34. The third kappa shape index (κ3) is 5.60. The van der Waals surface area contributed by atoms with E-state index in [1.165, 1.54) is 0 Å². The molecule has 138 valence electrons. The van der Waals surface area contributed by atoms with Gasteiger partial charge in [-0.1, -0.05) is 48.0 Å². The van der Waals surface area contributed by atoms with Crippen molar-refractivity contribution < 1.29 is 24.2 Å². The van der Waals surface area contributed by atoms with E-state index in [0.717, 1.165) is 5.56 Å². The van der Waals surface area contributed by atoms with Crippen LogP contribution in [0.1, 0.15) is 24.2 Å². The Morgan fingerprint density at radius 1 is 1.08 bits per heavy atom. The molecule has 6 heteroatoms. The molecule has 0 spiro atoms. The molecule has 0 aliphatic rings. The van der Waals surface area contributed by atoms with Crippen molar-refractivity contribution in [2.24, 2.45) is 0 Å². The predicted octanol–water partition coefficient (Wildman–Crippen LogP) is 2.16. The number of aryl methyl sites for hydroxylation is 1. The number of benzene rings is 2. The summed E-state index contributed by atoms with van der Waals surface area (Å²) < 4.78 is 10.4. The van der Waals surface area contributed by atoms with Gasteiger partial charge in [0, 0.05) is 0 Å². The van der Waals surface area contributed by atoms with E-state index in [9.17, 15) is 14.7 Å². The molecule has 2 aromatic rings. The smallest absolute Gasteiger partial charge is 0.331 e. The van der Waals surface area contributed by atoms with Crippen molar-refractivity contribution in [2.75, 3.05) is 13.2 Å². The Morgan fingerprint density at radius 2 is 1.73 bits per heavy atom. The zero-order valence-electron chi connectivity index (χ0n) is 14.8. The molecule has 0 aromatic heterocycles. The van der Waals surface area contributed by atoms with Crippen LogP contribution in [0.3, 0.4) is 0 Å². The standard InChI is InChI=1S/C20H23NO5/c1-3-25-20(24)18(19(23)15-7-5-4-6-8-15)21-17(22)13-26-16-11-9-14(2)10-12-16/h4-12,18-19,23H,3,13H2,1-2H3,(H,21,22). The zero-order valence-corrected chi connectivity index (χ0v) is 14.8. The van der Waals surface area contributed by atoms with Crippen LogP contribution < -0.4 is 10.1 Å². The highest BCUT2D eigenvalue weighted by molar-refractivity contribution is 5.85. The van der Waals surface area contributed by atoms with Gasteiger partial charge >= 0.3 is 5.97 Å². The maximum absolute atomic E-state index is 12.2. The van der Waals surface area contributed by atoms with Gasteiger partial charge in [-0.05, 0) is 31.5 Å². The van der Waals surface area contributed by atoms with E-state index >= 15 is 0 Å². The number of ether oxygens (including phenoxy) is 2. The van der Waals surface area contributed by atoms with Crippen LogP contribution in [0.4, 0.5) is 0 Å². The molecular weight excluding hydrogens is 334 g/mol. The minimum atomic E-state index is -1.22. The number of aliphatic hydroxyl groups is 1. The summed E-state index contributed by atoms with van der Waals surface area (Å²) in [5.41, 5.74) is 1.58. The first-order valence-electron chi connectivity index (χ1n) is 8.39. The molecule has 1 amide bonds. The molecule has 0 saturated carbocycles. The number of amides is 1. The monoisotopic (exact) mass is 357 g/mol. The van der Waals surface area contributed by atoms with Crippen LogP contribution in [0.25, 0.3) is 0 Å². The first kappa shape index (κ1) is 19.5.